The number of hydrogen-bond acceptors (Lipinski definition) is 4. The zero-order chi connectivity index (χ0) is 15.9. The van der Waals surface area contributed by atoms with Gasteiger partial charge in [0.1, 0.15) is 0 Å². The Morgan fingerprint density at radius 3 is 2.43 bits per heavy atom. The minimum atomic E-state index is -3.62. The van der Waals surface area contributed by atoms with E-state index < -0.39 is 10.0 Å². The Hall–Kier alpha value is -2.44. The summed E-state index contributed by atoms with van der Waals surface area (Å²) >= 11 is 1.33. The van der Waals surface area contributed by atoms with Crippen LogP contribution in [0.4, 0.5) is 5.13 Å². The van der Waals surface area contributed by atoms with Gasteiger partial charge in [-0.25, -0.2) is 13.4 Å². The van der Waals surface area contributed by atoms with Crippen molar-refractivity contribution in [3.63, 3.8) is 0 Å². The fourth-order valence-electron chi connectivity index (χ4n) is 2.48. The number of hydrogen-bond donors (Lipinski definition) is 1. The molecule has 1 heterocycles. The third kappa shape index (κ3) is 2.56. The zero-order valence-electron chi connectivity index (χ0n) is 11.9. The Morgan fingerprint density at radius 1 is 0.870 bits per heavy atom. The summed E-state index contributed by atoms with van der Waals surface area (Å²) < 4.78 is 28.3. The van der Waals surface area contributed by atoms with E-state index in [1.807, 2.05) is 36.4 Å². The molecule has 0 spiro atoms. The molecule has 0 radical (unpaired) electrons. The van der Waals surface area contributed by atoms with Gasteiger partial charge >= 0.3 is 0 Å². The maximum absolute atomic E-state index is 12.4. The van der Waals surface area contributed by atoms with Gasteiger partial charge in [-0.2, -0.15) is 0 Å². The first-order chi connectivity index (χ1) is 11.1. The lowest BCUT2D eigenvalue weighted by Gasteiger charge is -2.03. The van der Waals surface area contributed by atoms with Crippen molar-refractivity contribution in [3.05, 3.63) is 66.7 Å². The molecule has 0 aliphatic carbocycles. The third-order valence-electron chi connectivity index (χ3n) is 3.56. The van der Waals surface area contributed by atoms with E-state index in [9.17, 15) is 8.42 Å². The maximum atomic E-state index is 12.4. The molecule has 6 heteroatoms. The van der Waals surface area contributed by atoms with Crippen LogP contribution in [0.1, 0.15) is 0 Å². The summed E-state index contributed by atoms with van der Waals surface area (Å²) in [7, 11) is -3.62. The summed E-state index contributed by atoms with van der Waals surface area (Å²) in [6.07, 6.45) is 0. The van der Waals surface area contributed by atoms with Crippen molar-refractivity contribution in [1.82, 2.24) is 4.98 Å². The summed E-state index contributed by atoms with van der Waals surface area (Å²) in [6.45, 7) is 0. The van der Waals surface area contributed by atoms with E-state index >= 15 is 0 Å². The second kappa shape index (κ2) is 5.33. The third-order valence-corrected chi connectivity index (χ3v) is 5.98. The summed E-state index contributed by atoms with van der Waals surface area (Å²) in [5.74, 6) is 0. The fraction of sp³-hybridized carbons (Fsp3) is 0. The van der Waals surface area contributed by atoms with Crippen LogP contribution in [0, 0.1) is 0 Å². The highest BCUT2D eigenvalue weighted by atomic mass is 32.2. The molecule has 0 atom stereocenters. The van der Waals surface area contributed by atoms with Gasteiger partial charge in [-0.1, -0.05) is 59.9 Å². The minimum absolute atomic E-state index is 0.226. The molecule has 3 aromatic carbocycles. The molecule has 114 valence electrons. The zero-order valence-corrected chi connectivity index (χ0v) is 13.6. The number of rotatable bonds is 3. The van der Waals surface area contributed by atoms with Crippen LogP contribution in [0.15, 0.2) is 71.6 Å². The van der Waals surface area contributed by atoms with Crippen LogP contribution in [-0.2, 0) is 10.0 Å². The Bertz CT molecular complexity index is 1100. The molecule has 0 aliphatic rings. The second-order valence-corrected chi connectivity index (χ2v) is 7.78. The van der Waals surface area contributed by atoms with Gasteiger partial charge in [-0.05, 0) is 23.6 Å². The quantitative estimate of drug-likeness (QED) is 0.606. The number of benzene rings is 3. The minimum Gasteiger partial charge on any atom is -0.255 e. The van der Waals surface area contributed by atoms with Crippen LogP contribution >= 0.6 is 11.3 Å². The molecule has 23 heavy (non-hydrogen) atoms. The molecule has 4 aromatic rings. The highest BCUT2D eigenvalue weighted by Crippen LogP contribution is 2.32. The van der Waals surface area contributed by atoms with E-state index in [0.29, 0.717) is 5.13 Å². The van der Waals surface area contributed by atoms with E-state index in [1.54, 1.807) is 30.3 Å². The normalized spacial score (nSPS) is 11.8. The summed E-state index contributed by atoms with van der Waals surface area (Å²) in [5, 5.41) is 2.48. The van der Waals surface area contributed by atoms with Gasteiger partial charge in [-0.3, -0.25) is 4.72 Å². The molecule has 4 rings (SSSR count). The SMILES string of the molecule is O=S(=O)(Nc1nc2c(ccc3ccccc32)s1)c1ccccc1. The molecular weight excluding hydrogens is 328 g/mol. The van der Waals surface area contributed by atoms with Crippen molar-refractivity contribution in [2.24, 2.45) is 0 Å². The topological polar surface area (TPSA) is 59.1 Å². The molecular formula is C17H12N2O2S2. The highest BCUT2D eigenvalue weighted by Gasteiger charge is 2.16. The lowest BCUT2D eigenvalue weighted by Crippen LogP contribution is -2.12. The molecule has 0 saturated carbocycles. The second-order valence-electron chi connectivity index (χ2n) is 5.07. The van der Waals surface area contributed by atoms with Crippen LogP contribution in [-0.4, -0.2) is 13.4 Å². The first-order valence-corrected chi connectivity index (χ1v) is 9.30. The van der Waals surface area contributed by atoms with Gasteiger partial charge in [0.15, 0.2) is 5.13 Å². The molecule has 0 bridgehead atoms. The molecule has 4 nitrogen and oxygen atoms in total. The number of sulfonamides is 1. The maximum Gasteiger partial charge on any atom is 0.263 e. The van der Waals surface area contributed by atoms with E-state index in [-0.39, 0.29) is 4.90 Å². The smallest absolute Gasteiger partial charge is 0.255 e. The molecule has 1 N–H and O–H groups in total. The van der Waals surface area contributed by atoms with Crippen molar-refractivity contribution >= 4 is 47.5 Å². The van der Waals surface area contributed by atoms with Crippen molar-refractivity contribution in [2.45, 2.75) is 4.90 Å². The van der Waals surface area contributed by atoms with Gasteiger partial charge in [0.25, 0.3) is 10.0 Å². The fourth-order valence-corrected chi connectivity index (χ4v) is 4.62. The van der Waals surface area contributed by atoms with Crippen LogP contribution in [0.5, 0.6) is 0 Å². The van der Waals surface area contributed by atoms with Gasteiger partial charge in [0.2, 0.25) is 0 Å². The molecule has 0 aliphatic heterocycles. The number of anilines is 1. The molecule has 1 aromatic heterocycles. The highest BCUT2D eigenvalue weighted by molar-refractivity contribution is 7.93. The first kappa shape index (κ1) is 14.2. The number of nitrogens with one attached hydrogen (secondary N) is 1. The van der Waals surface area contributed by atoms with Crippen molar-refractivity contribution in [2.75, 3.05) is 4.72 Å². The van der Waals surface area contributed by atoms with Crippen LogP contribution < -0.4 is 4.72 Å². The predicted molar refractivity (Wildman–Crippen MR) is 94.4 cm³/mol. The summed E-state index contributed by atoms with van der Waals surface area (Å²) in [6, 6.07) is 20.2. The Labute approximate surface area is 137 Å². The van der Waals surface area contributed by atoms with E-state index in [2.05, 4.69) is 9.71 Å². The lowest BCUT2D eigenvalue weighted by molar-refractivity contribution is 0.601. The van der Waals surface area contributed by atoms with Gasteiger partial charge in [0.05, 0.1) is 15.1 Å². The Kier molecular flexibility index (Phi) is 3.28. The van der Waals surface area contributed by atoms with E-state index in [1.165, 1.54) is 11.3 Å². The molecule has 0 unspecified atom stereocenters. The van der Waals surface area contributed by atoms with Crippen LogP contribution in [0.2, 0.25) is 0 Å². The lowest BCUT2D eigenvalue weighted by atomic mass is 10.1. The van der Waals surface area contributed by atoms with E-state index in [0.717, 1.165) is 21.0 Å². The number of aromatic nitrogens is 1. The molecule has 0 fully saturated rings. The van der Waals surface area contributed by atoms with Gasteiger partial charge in [-0.15, -0.1) is 0 Å². The standard InChI is InChI=1S/C17H12N2O2S2/c20-23(21,13-7-2-1-3-8-13)19-17-18-16-14-9-5-4-6-12(14)10-11-15(16)22-17/h1-11H,(H,18,19). The summed E-state index contributed by atoms with van der Waals surface area (Å²) in [4.78, 5) is 4.71. The van der Waals surface area contributed by atoms with Crippen LogP contribution in [0.25, 0.3) is 21.0 Å². The predicted octanol–water partition coefficient (Wildman–Crippen LogP) is 4.25. The number of fused-ring (bicyclic) bond motifs is 3. The summed E-state index contributed by atoms with van der Waals surface area (Å²) in [5.41, 5.74) is 0.818. The number of thiazole rings is 1. The van der Waals surface area contributed by atoms with Crippen molar-refractivity contribution in [1.29, 1.82) is 0 Å². The van der Waals surface area contributed by atoms with Crippen LogP contribution in [0.3, 0.4) is 0 Å². The Morgan fingerprint density at radius 2 is 1.61 bits per heavy atom. The number of nitrogens with zero attached hydrogens (tertiary/aromatic N) is 1. The average molecular weight is 340 g/mol. The van der Waals surface area contributed by atoms with Crippen molar-refractivity contribution in [3.8, 4) is 0 Å². The van der Waals surface area contributed by atoms with E-state index in [4.69, 9.17) is 0 Å². The van der Waals surface area contributed by atoms with Gasteiger partial charge < -0.3 is 0 Å². The van der Waals surface area contributed by atoms with Crippen molar-refractivity contribution < 1.29 is 8.42 Å². The first-order valence-electron chi connectivity index (χ1n) is 7.00. The average Bonchev–Trinajstić information content (AvgIpc) is 2.98. The Balaban J connectivity index is 1.80. The monoisotopic (exact) mass is 340 g/mol. The molecule has 0 amide bonds. The largest absolute Gasteiger partial charge is 0.263 e. The molecule has 0 saturated heterocycles. The van der Waals surface area contributed by atoms with Gasteiger partial charge in [0, 0.05) is 5.39 Å².